The quantitative estimate of drug-likeness (QED) is 0.798. The van der Waals surface area contributed by atoms with Crippen molar-refractivity contribution in [1.29, 1.82) is 0 Å². The SMILES string of the molecule is O=C1NCCc2c1nc(Cc1ccc3c(c1)OCO3)nc2N1C[C@@H]2C[C@H](O)[C@@H]2C1. The molecule has 1 aromatic heterocycles. The molecule has 0 unspecified atom stereocenters. The minimum absolute atomic E-state index is 0.135. The monoisotopic (exact) mass is 394 g/mol. The van der Waals surface area contributed by atoms with Crippen molar-refractivity contribution in [2.24, 2.45) is 11.8 Å². The number of amides is 1. The van der Waals surface area contributed by atoms with Crippen LogP contribution in [0.15, 0.2) is 18.2 Å². The number of hydrogen-bond donors (Lipinski definition) is 2. The van der Waals surface area contributed by atoms with Gasteiger partial charge in [-0.1, -0.05) is 6.07 Å². The Balaban J connectivity index is 1.36. The van der Waals surface area contributed by atoms with E-state index in [2.05, 4.69) is 15.2 Å². The number of nitrogens with one attached hydrogen (secondary N) is 1. The Morgan fingerprint density at radius 1 is 1.21 bits per heavy atom. The first-order chi connectivity index (χ1) is 14.2. The summed E-state index contributed by atoms with van der Waals surface area (Å²) >= 11 is 0. The van der Waals surface area contributed by atoms with Gasteiger partial charge >= 0.3 is 0 Å². The van der Waals surface area contributed by atoms with Crippen LogP contribution in [-0.4, -0.2) is 53.5 Å². The molecular formula is C21H22N4O4. The van der Waals surface area contributed by atoms with Gasteiger partial charge in [-0.25, -0.2) is 9.97 Å². The van der Waals surface area contributed by atoms with E-state index in [0.29, 0.717) is 36.3 Å². The summed E-state index contributed by atoms with van der Waals surface area (Å²) < 4.78 is 10.9. The molecule has 2 fully saturated rings. The van der Waals surface area contributed by atoms with E-state index < -0.39 is 0 Å². The van der Waals surface area contributed by atoms with Gasteiger partial charge in [0.05, 0.1) is 6.10 Å². The number of aromatic nitrogens is 2. The molecular weight excluding hydrogens is 372 g/mol. The summed E-state index contributed by atoms with van der Waals surface area (Å²) in [5.41, 5.74) is 2.42. The summed E-state index contributed by atoms with van der Waals surface area (Å²) in [6.45, 7) is 2.52. The largest absolute Gasteiger partial charge is 0.454 e. The number of hydrogen-bond acceptors (Lipinski definition) is 7. The third-order valence-electron chi connectivity index (χ3n) is 6.54. The Labute approximate surface area is 167 Å². The van der Waals surface area contributed by atoms with E-state index in [0.717, 1.165) is 54.4 Å². The highest BCUT2D eigenvalue weighted by Gasteiger charge is 2.47. The maximum Gasteiger partial charge on any atom is 0.270 e. The number of fused-ring (bicyclic) bond motifs is 3. The average molecular weight is 394 g/mol. The van der Waals surface area contributed by atoms with Crippen LogP contribution in [0.2, 0.25) is 0 Å². The summed E-state index contributed by atoms with van der Waals surface area (Å²) in [6, 6.07) is 5.81. The van der Waals surface area contributed by atoms with E-state index in [1.54, 1.807) is 0 Å². The number of carbonyl (C=O) groups excluding carboxylic acids is 1. The van der Waals surface area contributed by atoms with Crippen LogP contribution in [0.4, 0.5) is 5.82 Å². The van der Waals surface area contributed by atoms with Crippen molar-refractivity contribution >= 4 is 11.7 Å². The Morgan fingerprint density at radius 3 is 2.97 bits per heavy atom. The molecule has 1 aliphatic carbocycles. The summed E-state index contributed by atoms with van der Waals surface area (Å²) in [4.78, 5) is 24.3. The first-order valence-electron chi connectivity index (χ1n) is 10.2. The molecule has 1 amide bonds. The molecule has 0 radical (unpaired) electrons. The molecule has 0 bridgehead atoms. The normalized spacial score (nSPS) is 26.6. The third-order valence-corrected chi connectivity index (χ3v) is 6.54. The second-order valence-electron chi connectivity index (χ2n) is 8.29. The predicted molar refractivity (Wildman–Crippen MR) is 103 cm³/mol. The van der Waals surface area contributed by atoms with E-state index in [9.17, 15) is 9.90 Å². The number of aliphatic hydroxyl groups excluding tert-OH is 1. The molecule has 150 valence electrons. The van der Waals surface area contributed by atoms with Gasteiger partial charge in [0.25, 0.3) is 5.91 Å². The van der Waals surface area contributed by atoms with Crippen molar-refractivity contribution in [1.82, 2.24) is 15.3 Å². The van der Waals surface area contributed by atoms with Crippen molar-refractivity contribution in [2.45, 2.75) is 25.4 Å². The van der Waals surface area contributed by atoms with Gasteiger partial charge in [-0.3, -0.25) is 4.79 Å². The fourth-order valence-corrected chi connectivity index (χ4v) is 4.94. The van der Waals surface area contributed by atoms with Crippen molar-refractivity contribution in [2.75, 3.05) is 31.3 Å². The Morgan fingerprint density at radius 2 is 2.10 bits per heavy atom. The molecule has 2 N–H and O–H groups in total. The first kappa shape index (κ1) is 17.0. The topological polar surface area (TPSA) is 96.8 Å². The second kappa shape index (κ2) is 6.32. The molecule has 1 saturated heterocycles. The van der Waals surface area contributed by atoms with E-state index in [1.165, 1.54) is 0 Å². The van der Waals surface area contributed by atoms with Gasteiger partial charge in [0.2, 0.25) is 6.79 Å². The van der Waals surface area contributed by atoms with E-state index in [-0.39, 0.29) is 18.8 Å². The number of nitrogens with zero attached hydrogens (tertiary/aromatic N) is 3. The summed E-state index contributed by atoms with van der Waals surface area (Å²) in [6.07, 6.45) is 1.89. The molecule has 3 atom stereocenters. The Bertz CT molecular complexity index is 1010. The fourth-order valence-electron chi connectivity index (χ4n) is 4.94. The molecule has 1 aromatic carbocycles. The number of benzene rings is 1. The summed E-state index contributed by atoms with van der Waals surface area (Å²) in [7, 11) is 0. The lowest BCUT2D eigenvalue weighted by atomic mass is 9.74. The van der Waals surface area contributed by atoms with E-state index in [1.807, 2.05) is 18.2 Å². The van der Waals surface area contributed by atoms with Crippen LogP contribution >= 0.6 is 0 Å². The molecule has 8 heteroatoms. The molecule has 4 heterocycles. The summed E-state index contributed by atoms with van der Waals surface area (Å²) in [5.74, 6) is 3.65. The van der Waals surface area contributed by atoms with Gasteiger partial charge in [-0.15, -0.1) is 0 Å². The van der Waals surface area contributed by atoms with Crippen molar-refractivity contribution in [3.8, 4) is 11.5 Å². The van der Waals surface area contributed by atoms with Crippen LogP contribution in [0.3, 0.4) is 0 Å². The van der Waals surface area contributed by atoms with Gasteiger partial charge in [-0.2, -0.15) is 0 Å². The van der Waals surface area contributed by atoms with Gasteiger partial charge in [0.15, 0.2) is 11.5 Å². The zero-order chi connectivity index (χ0) is 19.5. The maximum absolute atomic E-state index is 12.5. The van der Waals surface area contributed by atoms with Crippen LogP contribution in [0, 0.1) is 11.8 Å². The highest BCUT2D eigenvalue weighted by Crippen LogP contribution is 2.43. The van der Waals surface area contributed by atoms with Crippen molar-refractivity contribution in [3.05, 3.63) is 40.8 Å². The van der Waals surface area contributed by atoms with Crippen LogP contribution in [0.5, 0.6) is 11.5 Å². The second-order valence-corrected chi connectivity index (χ2v) is 8.29. The number of aliphatic hydroxyl groups is 1. The molecule has 29 heavy (non-hydrogen) atoms. The van der Waals surface area contributed by atoms with Gasteiger partial charge < -0.3 is 24.8 Å². The number of carbonyl (C=O) groups is 1. The standard InChI is InChI=1S/C21H22N4O4/c26-15-7-12-8-25(9-14(12)15)20-13-3-4-22-21(27)19(13)23-18(24-20)6-11-1-2-16-17(5-11)29-10-28-16/h1-2,5,12,14-15,26H,3-4,6-10H2,(H,22,27)/t12-,14+,15-/m0/s1. The van der Waals surface area contributed by atoms with Crippen LogP contribution in [0.25, 0.3) is 0 Å². The van der Waals surface area contributed by atoms with Crippen LogP contribution in [-0.2, 0) is 12.8 Å². The number of anilines is 1. The number of rotatable bonds is 3. The lowest BCUT2D eigenvalue weighted by Gasteiger charge is -2.34. The molecule has 4 aliphatic rings. The van der Waals surface area contributed by atoms with E-state index >= 15 is 0 Å². The van der Waals surface area contributed by atoms with Crippen molar-refractivity contribution in [3.63, 3.8) is 0 Å². The van der Waals surface area contributed by atoms with Gasteiger partial charge in [0, 0.05) is 37.5 Å². The average Bonchev–Trinajstić information content (AvgIpc) is 3.31. The fraction of sp³-hybridized carbons (Fsp3) is 0.476. The third kappa shape index (κ3) is 2.73. The zero-order valence-corrected chi connectivity index (χ0v) is 15.9. The van der Waals surface area contributed by atoms with Gasteiger partial charge in [0.1, 0.15) is 17.3 Å². The predicted octanol–water partition coefficient (Wildman–Crippen LogP) is 0.899. The minimum Gasteiger partial charge on any atom is -0.454 e. The molecule has 0 spiro atoms. The Hall–Kier alpha value is -2.87. The lowest BCUT2D eigenvalue weighted by Crippen LogP contribution is -2.39. The number of ether oxygens (including phenoxy) is 2. The summed E-state index contributed by atoms with van der Waals surface area (Å²) in [5, 5.41) is 12.9. The highest BCUT2D eigenvalue weighted by molar-refractivity contribution is 5.96. The zero-order valence-electron chi connectivity index (χ0n) is 15.9. The molecule has 8 nitrogen and oxygen atoms in total. The molecule has 6 rings (SSSR count). The van der Waals surface area contributed by atoms with Crippen LogP contribution in [0.1, 0.15) is 33.9 Å². The molecule has 2 aromatic rings. The molecule has 1 saturated carbocycles. The van der Waals surface area contributed by atoms with E-state index in [4.69, 9.17) is 14.5 Å². The van der Waals surface area contributed by atoms with Gasteiger partial charge in [-0.05, 0) is 36.5 Å². The lowest BCUT2D eigenvalue weighted by molar-refractivity contribution is -0.00399. The maximum atomic E-state index is 12.5. The minimum atomic E-state index is -0.209. The van der Waals surface area contributed by atoms with Crippen LogP contribution < -0.4 is 19.7 Å². The Kier molecular flexibility index (Phi) is 3.71. The van der Waals surface area contributed by atoms with Crippen molar-refractivity contribution < 1.29 is 19.4 Å². The smallest absolute Gasteiger partial charge is 0.270 e. The molecule has 3 aliphatic heterocycles. The highest BCUT2D eigenvalue weighted by atomic mass is 16.7. The first-order valence-corrected chi connectivity index (χ1v) is 10.2.